The topological polar surface area (TPSA) is 82.2 Å². The summed E-state index contributed by atoms with van der Waals surface area (Å²) in [5.74, 6) is -0.775. The maximum absolute atomic E-state index is 12.0. The van der Waals surface area contributed by atoms with Gasteiger partial charge < -0.3 is 10.4 Å². The second kappa shape index (κ2) is 5.43. The molecule has 3 N–H and O–H groups in total. The van der Waals surface area contributed by atoms with E-state index >= 15 is 0 Å². The van der Waals surface area contributed by atoms with Crippen LogP contribution >= 0.6 is 22.6 Å². The number of benzene rings is 1. The number of nitrogens with one attached hydrogen (secondary N) is 2. The number of anilines is 1. The lowest BCUT2D eigenvalue weighted by molar-refractivity contribution is 0.102. The van der Waals surface area contributed by atoms with Crippen LogP contribution in [0.5, 0.6) is 5.88 Å². The van der Waals surface area contributed by atoms with Crippen LogP contribution in [0, 0.1) is 10.5 Å². The third-order valence-corrected chi connectivity index (χ3v) is 3.20. The highest BCUT2D eigenvalue weighted by Crippen LogP contribution is 2.18. The van der Waals surface area contributed by atoms with E-state index in [9.17, 15) is 14.7 Å². The summed E-state index contributed by atoms with van der Waals surface area (Å²) in [4.78, 5) is 25.3. The lowest BCUT2D eigenvalue weighted by Crippen LogP contribution is -2.16. The molecule has 0 spiro atoms. The first kappa shape index (κ1) is 13.6. The standard InChI is InChI=1S/C13H11IN2O3/c1-7-4-9(14)2-3-10(7)15-13(19)8-5-11(17)16-12(18)6-8/h2-6H,1H3,(H,15,19)(H2,16,17,18). The smallest absolute Gasteiger partial charge is 0.256 e. The Kier molecular flexibility index (Phi) is 3.89. The Hall–Kier alpha value is -1.83. The molecule has 19 heavy (non-hydrogen) atoms. The van der Waals surface area contributed by atoms with Crippen molar-refractivity contribution in [3.8, 4) is 5.88 Å². The largest absolute Gasteiger partial charge is 0.494 e. The zero-order valence-corrected chi connectivity index (χ0v) is 12.2. The first-order chi connectivity index (χ1) is 8.95. The summed E-state index contributed by atoms with van der Waals surface area (Å²) in [5, 5.41) is 12.0. The number of hydrogen-bond acceptors (Lipinski definition) is 3. The molecule has 2 aromatic rings. The highest BCUT2D eigenvalue weighted by atomic mass is 127. The Balaban J connectivity index is 2.28. The van der Waals surface area contributed by atoms with Crippen LogP contribution in [0.25, 0.3) is 0 Å². The predicted octanol–water partition coefficient (Wildman–Crippen LogP) is 2.25. The first-order valence-corrected chi connectivity index (χ1v) is 6.54. The number of aryl methyl sites for hydroxylation is 1. The second-order valence-corrected chi connectivity index (χ2v) is 5.28. The van der Waals surface area contributed by atoms with Gasteiger partial charge in [0, 0.05) is 21.4 Å². The van der Waals surface area contributed by atoms with Crippen LogP contribution in [-0.2, 0) is 0 Å². The lowest BCUT2D eigenvalue weighted by atomic mass is 10.2. The average Bonchev–Trinajstić information content (AvgIpc) is 2.31. The molecule has 0 saturated heterocycles. The van der Waals surface area contributed by atoms with Crippen molar-refractivity contribution < 1.29 is 9.90 Å². The summed E-state index contributed by atoms with van der Waals surface area (Å²) in [5.41, 5.74) is 1.18. The van der Waals surface area contributed by atoms with Crippen molar-refractivity contribution in [2.45, 2.75) is 6.92 Å². The van der Waals surface area contributed by atoms with Crippen LogP contribution in [-0.4, -0.2) is 16.0 Å². The Morgan fingerprint density at radius 3 is 2.68 bits per heavy atom. The van der Waals surface area contributed by atoms with Crippen molar-refractivity contribution in [2.75, 3.05) is 5.32 Å². The van der Waals surface area contributed by atoms with Crippen LogP contribution in [0.4, 0.5) is 5.69 Å². The fourth-order valence-electron chi connectivity index (χ4n) is 1.62. The lowest BCUT2D eigenvalue weighted by Gasteiger charge is -2.08. The molecule has 0 aliphatic rings. The van der Waals surface area contributed by atoms with E-state index in [2.05, 4.69) is 32.9 Å². The molecule has 0 atom stereocenters. The monoisotopic (exact) mass is 370 g/mol. The van der Waals surface area contributed by atoms with E-state index in [1.54, 1.807) is 6.07 Å². The fourth-order valence-corrected chi connectivity index (χ4v) is 2.27. The highest BCUT2D eigenvalue weighted by Gasteiger charge is 2.10. The van der Waals surface area contributed by atoms with E-state index in [0.29, 0.717) is 5.69 Å². The summed E-state index contributed by atoms with van der Waals surface area (Å²) in [6.45, 7) is 1.88. The molecule has 5 nitrogen and oxygen atoms in total. The molecule has 98 valence electrons. The minimum Gasteiger partial charge on any atom is -0.494 e. The van der Waals surface area contributed by atoms with E-state index in [-0.39, 0.29) is 11.4 Å². The van der Waals surface area contributed by atoms with Crippen LogP contribution in [0.15, 0.2) is 35.1 Å². The molecule has 1 amide bonds. The van der Waals surface area contributed by atoms with Gasteiger partial charge in [0.1, 0.15) is 0 Å². The van der Waals surface area contributed by atoms with Crippen LogP contribution in [0.2, 0.25) is 0 Å². The quantitative estimate of drug-likeness (QED) is 0.710. The molecule has 1 heterocycles. The number of pyridine rings is 1. The minimum atomic E-state index is -0.524. The second-order valence-electron chi connectivity index (χ2n) is 4.03. The molecular formula is C13H11IN2O3. The molecule has 0 fully saturated rings. The average molecular weight is 370 g/mol. The third-order valence-electron chi connectivity index (χ3n) is 2.53. The van der Waals surface area contributed by atoms with Gasteiger partial charge >= 0.3 is 0 Å². The van der Waals surface area contributed by atoms with E-state index < -0.39 is 11.5 Å². The molecule has 1 aromatic heterocycles. The third kappa shape index (κ3) is 3.34. The van der Waals surface area contributed by atoms with Crippen molar-refractivity contribution in [3.63, 3.8) is 0 Å². The molecule has 1 aromatic carbocycles. The van der Waals surface area contributed by atoms with Gasteiger partial charge in [0.2, 0.25) is 0 Å². The van der Waals surface area contributed by atoms with Gasteiger partial charge in [0.15, 0.2) is 5.88 Å². The van der Waals surface area contributed by atoms with Gasteiger partial charge in [-0.3, -0.25) is 14.6 Å². The normalized spacial score (nSPS) is 10.2. The summed E-state index contributed by atoms with van der Waals surface area (Å²) in [6, 6.07) is 7.95. The summed E-state index contributed by atoms with van der Waals surface area (Å²) in [7, 11) is 0. The van der Waals surface area contributed by atoms with Crippen LogP contribution in [0.1, 0.15) is 15.9 Å². The minimum absolute atomic E-state index is 0.110. The van der Waals surface area contributed by atoms with Gasteiger partial charge in [-0.25, -0.2) is 0 Å². The zero-order chi connectivity index (χ0) is 14.0. The fraction of sp³-hybridized carbons (Fsp3) is 0.0769. The van der Waals surface area contributed by atoms with E-state index in [4.69, 9.17) is 0 Å². The van der Waals surface area contributed by atoms with Gasteiger partial charge in [-0.05, 0) is 53.3 Å². The Bertz CT molecular complexity index is 695. The van der Waals surface area contributed by atoms with Crippen LogP contribution < -0.4 is 10.9 Å². The SMILES string of the molecule is Cc1cc(I)ccc1NC(=O)c1cc(O)[nH]c(=O)c1. The van der Waals surface area contributed by atoms with E-state index in [0.717, 1.165) is 15.2 Å². The molecule has 0 aliphatic carbocycles. The van der Waals surface area contributed by atoms with Crippen molar-refractivity contribution in [1.29, 1.82) is 0 Å². The maximum atomic E-state index is 12.0. The van der Waals surface area contributed by atoms with Gasteiger partial charge in [-0.1, -0.05) is 0 Å². The van der Waals surface area contributed by atoms with Gasteiger partial charge in [-0.15, -0.1) is 0 Å². The Morgan fingerprint density at radius 1 is 1.32 bits per heavy atom. The number of carbonyl (C=O) groups is 1. The molecule has 0 saturated carbocycles. The van der Waals surface area contributed by atoms with Crippen molar-refractivity contribution in [1.82, 2.24) is 4.98 Å². The molecule has 2 rings (SSSR count). The van der Waals surface area contributed by atoms with Crippen molar-refractivity contribution in [3.05, 3.63) is 55.4 Å². The molecule has 0 bridgehead atoms. The predicted molar refractivity (Wildman–Crippen MR) is 80.6 cm³/mol. The number of halogens is 1. The van der Waals surface area contributed by atoms with Gasteiger partial charge in [-0.2, -0.15) is 0 Å². The molecular weight excluding hydrogens is 359 g/mol. The van der Waals surface area contributed by atoms with E-state index in [1.165, 1.54) is 6.07 Å². The number of aromatic amines is 1. The number of aromatic hydroxyl groups is 1. The Labute approximate surface area is 122 Å². The summed E-state index contributed by atoms with van der Waals surface area (Å²) < 4.78 is 1.07. The maximum Gasteiger partial charge on any atom is 0.256 e. The summed E-state index contributed by atoms with van der Waals surface area (Å²) >= 11 is 2.18. The van der Waals surface area contributed by atoms with Gasteiger partial charge in [0.25, 0.3) is 11.5 Å². The number of H-pyrrole nitrogens is 1. The molecule has 0 unspecified atom stereocenters. The number of aromatic nitrogens is 1. The number of rotatable bonds is 2. The van der Waals surface area contributed by atoms with Gasteiger partial charge in [0.05, 0.1) is 5.56 Å². The van der Waals surface area contributed by atoms with E-state index in [1.807, 2.05) is 19.1 Å². The number of amides is 1. The van der Waals surface area contributed by atoms with Crippen molar-refractivity contribution >= 4 is 34.2 Å². The highest BCUT2D eigenvalue weighted by molar-refractivity contribution is 14.1. The van der Waals surface area contributed by atoms with Crippen LogP contribution in [0.3, 0.4) is 0 Å². The number of hydrogen-bond donors (Lipinski definition) is 3. The van der Waals surface area contributed by atoms with Crippen molar-refractivity contribution in [2.24, 2.45) is 0 Å². The number of carbonyl (C=O) groups excluding carboxylic acids is 1. The first-order valence-electron chi connectivity index (χ1n) is 5.46. The zero-order valence-electron chi connectivity index (χ0n) is 10.0. The summed E-state index contributed by atoms with van der Waals surface area (Å²) in [6.07, 6.45) is 0. The Morgan fingerprint density at radius 2 is 2.05 bits per heavy atom. The molecule has 0 aliphatic heterocycles. The molecule has 0 radical (unpaired) electrons. The molecule has 6 heteroatoms.